The molecule has 1 N–H and O–H groups in total. The molecule has 6 nitrogen and oxygen atoms in total. The Hall–Kier alpha value is -2.09. The Kier molecular flexibility index (Phi) is 7.97. The Labute approximate surface area is 189 Å². The second kappa shape index (κ2) is 10.5. The molecule has 1 fully saturated rings. The van der Waals surface area contributed by atoms with E-state index in [1.807, 2.05) is 24.3 Å². The van der Waals surface area contributed by atoms with Crippen LogP contribution < -0.4 is 10.1 Å². The summed E-state index contributed by atoms with van der Waals surface area (Å²) in [5.74, 6) is 0.817. The number of carbonyl (C=O) groups excluding carboxylic acids is 1. The van der Waals surface area contributed by atoms with Gasteiger partial charge in [0, 0.05) is 13.1 Å². The zero-order valence-corrected chi connectivity index (χ0v) is 19.5. The van der Waals surface area contributed by atoms with Crippen molar-refractivity contribution in [3.8, 4) is 5.75 Å². The van der Waals surface area contributed by atoms with Crippen LogP contribution in [0.3, 0.4) is 0 Å². The van der Waals surface area contributed by atoms with Crippen molar-refractivity contribution in [3.63, 3.8) is 0 Å². The van der Waals surface area contributed by atoms with E-state index in [9.17, 15) is 13.2 Å². The van der Waals surface area contributed by atoms with E-state index in [1.165, 1.54) is 28.1 Å². The third kappa shape index (κ3) is 5.99. The SMILES string of the molecule is CCc1ccc(OCCNC(=O)c2cc(S(=O)(=O)N3CCC(C)CC3)ccc2Cl)cc1. The second-order valence-corrected chi connectivity index (χ2v) is 10.2. The molecule has 0 unspecified atom stereocenters. The summed E-state index contributed by atoms with van der Waals surface area (Å²) < 4.78 is 33.1. The van der Waals surface area contributed by atoms with Crippen LogP contribution >= 0.6 is 11.6 Å². The highest BCUT2D eigenvalue weighted by Gasteiger charge is 2.29. The van der Waals surface area contributed by atoms with Gasteiger partial charge in [0.05, 0.1) is 22.0 Å². The lowest BCUT2D eigenvalue weighted by atomic mass is 10.0. The van der Waals surface area contributed by atoms with E-state index >= 15 is 0 Å². The van der Waals surface area contributed by atoms with Crippen LogP contribution in [0.1, 0.15) is 42.6 Å². The standard InChI is InChI=1S/C23H29ClN2O4S/c1-3-18-4-6-19(7-5-18)30-15-12-25-23(27)21-16-20(8-9-22(21)24)31(28,29)26-13-10-17(2)11-14-26/h4-9,16-17H,3,10-15H2,1-2H3,(H,25,27). The van der Waals surface area contributed by atoms with E-state index in [1.54, 1.807) is 0 Å². The number of benzene rings is 2. The third-order valence-corrected chi connectivity index (χ3v) is 7.78. The van der Waals surface area contributed by atoms with Gasteiger partial charge in [0.15, 0.2) is 0 Å². The summed E-state index contributed by atoms with van der Waals surface area (Å²) in [5, 5.41) is 2.95. The number of nitrogens with zero attached hydrogens (tertiary/aromatic N) is 1. The van der Waals surface area contributed by atoms with Gasteiger partial charge in [-0.2, -0.15) is 4.31 Å². The van der Waals surface area contributed by atoms with Gasteiger partial charge in [0.25, 0.3) is 5.91 Å². The number of halogens is 1. The number of hydrogen-bond acceptors (Lipinski definition) is 4. The molecule has 1 amide bonds. The van der Waals surface area contributed by atoms with Crippen molar-refractivity contribution in [2.75, 3.05) is 26.2 Å². The van der Waals surface area contributed by atoms with Gasteiger partial charge < -0.3 is 10.1 Å². The number of nitrogens with one attached hydrogen (secondary N) is 1. The molecular formula is C23H29ClN2O4S. The van der Waals surface area contributed by atoms with Crippen LogP contribution in [-0.2, 0) is 16.4 Å². The highest BCUT2D eigenvalue weighted by Crippen LogP contribution is 2.26. The van der Waals surface area contributed by atoms with Gasteiger partial charge in [-0.1, -0.05) is 37.6 Å². The molecule has 2 aromatic carbocycles. The predicted octanol–water partition coefficient (Wildman–Crippen LogP) is 4.13. The summed E-state index contributed by atoms with van der Waals surface area (Å²) in [6, 6.07) is 12.1. The minimum absolute atomic E-state index is 0.0869. The van der Waals surface area contributed by atoms with Crippen molar-refractivity contribution >= 4 is 27.5 Å². The lowest BCUT2D eigenvalue weighted by molar-refractivity contribution is 0.0947. The molecule has 31 heavy (non-hydrogen) atoms. The highest BCUT2D eigenvalue weighted by atomic mass is 35.5. The molecule has 8 heteroatoms. The molecule has 0 aromatic heterocycles. The average molecular weight is 465 g/mol. The lowest BCUT2D eigenvalue weighted by Crippen LogP contribution is -2.38. The van der Waals surface area contributed by atoms with E-state index in [4.69, 9.17) is 16.3 Å². The number of sulfonamides is 1. The highest BCUT2D eigenvalue weighted by molar-refractivity contribution is 7.89. The summed E-state index contributed by atoms with van der Waals surface area (Å²) in [6.45, 7) is 5.75. The van der Waals surface area contributed by atoms with E-state index in [0.717, 1.165) is 25.0 Å². The molecule has 2 aromatic rings. The quantitative estimate of drug-likeness (QED) is 0.596. The molecule has 0 aliphatic carbocycles. The molecule has 168 valence electrons. The molecule has 1 aliphatic rings. The molecule has 0 bridgehead atoms. The molecule has 0 spiro atoms. The summed E-state index contributed by atoms with van der Waals surface area (Å²) in [5.41, 5.74) is 1.37. The monoisotopic (exact) mass is 464 g/mol. The van der Waals surface area contributed by atoms with Gasteiger partial charge in [-0.15, -0.1) is 0 Å². The molecule has 3 rings (SSSR count). The van der Waals surface area contributed by atoms with Gasteiger partial charge in [-0.25, -0.2) is 8.42 Å². The number of piperidine rings is 1. The van der Waals surface area contributed by atoms with Crippen LogP contribution in [0.15, 0.2) is 47.4 Å². The second-order valence-electron chi connectivity index (χ2n) is 7.83. The summed E-state index contributed by atoms with van der Waals surface area (Å²) in [4.78, 5) is 12.7. The maximum Gasteiger partial charge on any atom is 0.252 e. The average Bonchev–Trinajstić information content (AvgIpc) is 2.77. The minimum Gasteiger partial charge on any atom is -0.492 e. The molecule has 1 aliphatic heterocycles. The van der Waals surface area contributed by atoms with Gasteiger partial charge in [0.1, 0.15) is 12.4 Å². The van der Waals surface area contributed by atoms with Crippen molar-refractivity contribution in [2.24, 2.45) is 5.92 Å². The van der Waals surface area contributed by atoms with Crippen LogP contribution in [0.2, 0.25) is 5.02 Å². The maximum absolute atomic E-state index is 13.0. The molecule has 0 atom stereocenters. The third-order valence-electron chi connectivity index (χ3n) is 5.55. The molecule has 1 heterocycles. The Bertz CT molecular complexity index is 1000. The first-order chi connectivity index (χ1) is 14.8. The van der Waals surface area contributed by atoms with Gasteiger partial charge in [-0.3, -0.25) is 4.79 Å². The number of aryl methyl sites for hydroxylation is 1. The van der Waals surface area contributed by atoms with Crippen molar-refractivity contribution in [2.45, 2.75) is 38.0 Å². The van der Waals surface area contributed by atoms with E-state index in [-0.39, 0.29) is 22.0 Å². The fourth-order valence-corrected chi connectivity index (χ4v) is 5.16. The zero-order chi connectivity index (χ0) is 22.4. The van der Waals surface area contributed by atoms with Gasteiger partial charge >= 0.3 is 0 Å². The van der Waals surface area contributed by atoms with Crippen LogP contribution in [-0.4, -0.2) is 44.9 Å². The Morgan fingerprint density at radius 1 is 1.16 bits per heavy atom. The van der Waals surface area contributed by atoms with Crippen molar-refractivity contribution < 1.29 is 17.9 Å². The molecule has 0 radical (unpaired) electrons. The summed E-state index contributed by atoms with van der Waals surface area (Å²) >= 11 is 6.18. The zero-order valence-electron chi connectivity index (χ0n) is 17.9. The van der Waals surface area contributed by atoms with Crippen molar-refractivity contribution in [3.05, 3.63) is 58.6 Å². The Morgan fingerprint density at radius 3 is 2.48 bits per heavy atom. The van der Waals surface area contributed by atoms with Crippen molar-refractivity contribution in [1.29, 1.82) is 0 Å². The normalized spacial score (nSPS) is 15.6. The fraction of sp³-hybridized carbons (Fsp3) is 0.435. The number of carbonyl (C=O) groups is 1. The maximum atomic E-state index is 13.0. The fourth-order valence-electron chi connectivity index (χ4n) is 3.46. The first-order valence-electron chi connectivity index (χ1n) is 10.6. The van der Waals surface area contributed by atoms with Crippen molar-refractivity contribution in [1.82, 2.24) is 9.62 Å². The smallest absolute Gasteiger partial charge is 0.252 e. The molecule has 1 saturated heterocycles. The first kappa shape index (κ1) is 23.6. The van der Waals surface area contributed by atoms with Crippen LogP contribution in [0, 0.1) is 5.92 Å². The summed E-state index contributed by atoms with van der Waals surface area (Å²) in [6.07, 6.45) is 2.63. The van der Waals surface area contributed by atoms with Crippen LogP contribution in [0.5, 0.6) is 5.75 Å². The van der Waals surface area contributed by atoms with E-state index in [2.05, 4.69) is 19.2 Å². The molecular weight excluding hydrogens is 436 g/mol. The largest absolute Gasteiger partial charge is 0.492 e. The number of hydrogen-bond donors (Lipinski definition) is 1. The topological polar surface area (TPSA) is 75.7 Å². The van der Waals surface area contributed by atoms with Gasteiger partial charge in [0.2, 0.25) is 10.0 Å². The van der Waals surface area contributed by atoms with Crippen LogP contribution in [0.25, 0.3) is 0 Å². The molecule has 0 saturated carbocycles. The van der Waals surface area contributed by atoms with E-state index < -0.39 is 15.9 Å². The predicted molar refractivity (Wildman–Crippen MR) is 122 cm³/mol. The lowest BCUT2D eigenvalue weighted by Gasteiger charge is -2.29. The number of amides is 1. The van der Waals surface area contributed by atoms with Gasteiger partial charge in [-0.05, 0) is 61.1 Å². The number of ether oxygens (including phenoxy) is 1. The first-order valence-corrected chi connectivity index (χ1v) is 12.4. The summed E-state index contributed by atoms with van der Waals surface area (Å²) in [7, 11) is -3.66. The Balaban J connectivity index is 1.60. The minimum atomic E-state index is -3.66. The van der Waals surface area contributed by atoms with E-state index in [0.29, 0.717) is 25.6 Å². The number of rotatable bonds is 8. The van der Waals surface area contributed by atoms with Crippen LogP contribution in [0.4, 0.5) is 0 Å². The Morgan fingerprint density at radius 2 is 1.84 bits per heavy atom.